The Bertz CT molecular complexity index is 1400. The summed E-state index contributed by atoms with van der Waals surface area (Å²) in [7, 11) is 0. The molecule has 1 atom stereocenters. The molecular formula is C23H19N7O4S. The molecular weight excluding hydrogens is 470 g/mol. The van der Waals surface area contributed by atoms with Gasteiger partial charge in [-0.3, -0.25) is 14.9 Å². The predicted octanol–water partition coefficient (Wildman–Crippen LogP) is 3.16. The van der Waals surface area contributed by atoms with E-state index in [0.717, 1.165) is 29.1 Å². The summed E-state index contributed by atoms with van der Waals surface area (Å²) in [5, 5.41) is 17.4. The largest absolute Gasteiger partial charge is 0.454 e. The minimum atomic E-state index is -0.384. The minimum absolute atomic E-state index is 0.125. The van der Waals surface area contributed by atoms with E-state index in [1.54, 1.807) is 30.3 Å². The zero-order valence-corrected chi connectivity index (χ0v) is 19.1. The number of anilines is 2. The lowest BCUT2D eigenvalue weighted by atomic mass is 9.90. The normalized spacial score (nSPS) is 15.9. The Hall–Kier alpha value is -4.32. The highest BCUT2D eigenvalue weighted by Crippen LogP contribution is 2.38. The van der Waals surface area contributed by atoms with Gasteiger partial charge >= 0.3 is 0 Å². The van der Waals surface area contributed by atoms with Crippen LogP contribution < -0.4 is 20.1 Å². The van der Waals surface area contributed by atoms with Crippen molar-refractivity contribution in [1.29, 1.82) is 0 Å². The first kappa shape index (κ1) is 21.2. The molecule has 4 aromatic rings. The summed E-state index contributed by atoms with van der Waals surface area (Å²) in [5.74, 6) is 0.354. The minimum Gasteiger partial charge on any atom is -0.454 e. The molecule has 6 rings (SSSR count). The summed E-state index contributed by atoms with van der Waals surface area (Å²) in [6.45, 7) is 0.145. The number of nitrogens with zero attached hydrogens (tertiary/aromatic N) is 5. The van der Waals surface area contributed by atoms with Crippen LogP contribution in [-0.2, 0) is 11.2 Å². The molecule has 0 bridgehead atoms. The molecule has 0 saturated carbocycles. The van der Waals surface area contributed by atoms with E-state index in [4.69, 9.17) is 9.47 Å². The predicted molar refractivity (Wildman–Crippen MR) is 126 cm³/mol. The molecule has 176 valence electrons. The van der Waals surface area contributed by atoms with Gasteiger partial charge in [0.05, 0.1) is 17.3 Å². The van der Waals surface area contributed by atoms with Crippen LogP contribution in [0.4, 0.5) is 10.8 Å². The zero-order valence-electron chi connectivity index (χ0n) is 18.3. The number of aryl methyl sites for hydroxylation is 1. The van der Waals surface area contributed by atoms with E-state index in [9.17, 15) is 9.59 Å². The van der Waals surface area contributed by atoms with Gasteiger partial charge in [0.25, 0.3) is 5.91 Å². The van der Waals surface area contributed by atoms with Crippen LogP contribution in [0.3, 0.4) is 0 Å². The van der Waals surface area contributed by atoms with Gasteiger partial charge in [0.2, 0.25) is 12.7 Å². The molecule has 2 N–H and O–H groups in total. The van der Waals surface area contributed by atoms with E-state index in [0.29, 0.717) is 34.3 Å². The van der Waals surface area contributed by atoms with Crippen LogP contribution >= 0.6 is 11.3 Å². The smallest absolute Gasteiger partial charge is 0.257 e. The number of ether oxygens (including phenoxy) is 2. The number of thiazole rings is 1. The highest BCUT2D eigenvalue weighted by atomic mass is 32.1. The Morgan fingerprint density at radius 2 is 1.91 bits per heavy atom. The topological polar surface area (TPSA) is 133 Å². The van der Waals surface area contributed by atoms with Gasteiger partial charge < -0.3 is 14.8 Å². The number of fused-ring (bicyclic) bond motifs is 2. The summed E-state index contributed by atoms with van der Waals surface area (Å²) in [5.41, 5.74) is 2.63. The summed E-state index contributed by atoms with van der Waals surface area (Å²) in [6.07, 6.45) is 3.90. The van der Waals surface area contributed by atoms with E-state index in [2.05, 4.69) is 31.1 Å². The fourth-order valence-electron chi connectivity index (χ4n) is 4.14. The van der Waals surface area contributed by atoms with Crippen LogP contribution in [0.25, 0.3) is 5.69 Å². The van der Waals surface area contributed by atoms with E-state index < -0.39 is 0 Å². The van der Waals surface area contributed by atoms with Crippen LogP contribution in [0.1, 0.15) is 39.7 Å². The third-order valence-corrected chi connectivity index (χ3v) is 6.92. The van der Waals surface area contributed by atoms with Crippen LogP contribution in [0, 0.1) is 0 Å². The second kappa shape index (κ2) is 8.80. The van der Waals surface area contributed by atoms with Gasteiger partial charge in [0, 0.05) is 16.1 Å². The monoisotopic (exact) mass is 489 g/mol. The Balaban J connectivity index is 1.15. The van der Waals surface area contributed by atoms with Crippen LogP contribution in [-0.4, -0.2) is 43.8 Å². The molecule has 2 amide bonds. The maximum absolute atomic E-state index is 13.1. The highest BCUT2D eigenvalue weighted by molar-refractivity contribution is 7.16. The Morgan fingerprint density at radius 3 is 2.74 bits per heavy atom. The fourth-order valence-corrected chi connectivity index (χ4v) is 5.20. The van der Waals surface area contributed by atoms with Gasteiger partial charge in [0.1, 0.15) is 6.33 Å². The van der Waals surface area contributed by atoms with Crippen molar-refractivity contribution < 1.29 is 19.1 Å². The molecule has 0 saturated heterocycles. The average Bonchev–Trinajstić information content (AvgIpc) is 3.64. The number of nitrogens with one attached hydrogen (secondary N) is 2. The van der Waals surface area contributed by atoms with E-state index in [1.807, 2.05) is 12.1 Å². The Morgan fingerprint density at radius 1 is 1.06 bits per heavy atom. The lowest BCUT2D eigenvalue weighted by Crippen LogP contribution is -2.24. The van der Waals surface area contributed by atoms with Gasteiger partial charge in [-0.1, -0.05) is 0 Å². The molecule has 12 heteroatoms. The third kappa shape index (κ3) is 4.19. The van der Waals surface area contributed by atoms with Crippen LogP contribution in [0.5, 0.6) is 11.5 Å². The van der Waals surface area contributed by atoms with Crippen molar-refractivity contribution in [2.24, 2.45) is 0 Å². The molecule has 0 radical (unpaired) electrons. The molecule has 1 aliphatic carbocycles. The first-order chi connectivity index (χ1) is 17.1. The van der Waals surface area contributed by atoms with Crippen LogP contribution in [0.15, 0.2) is 48.8 Å². The number of carbonyl (C=O) groups excluding carboxylic acids is 2. The lowest BCUT2D eigenvalue weighted by molar-refractivity contribution is -0.117. The van der Waals surface area contributed by atoms with Gasteiger partial charge in [-0.15, -0.1) is 16.4 Å². The average molecular weight is 490 g/mol. The number of rotatable bonds is 5. The summed E-state index contributed by atoms with van der Waals surface area (Å²) < 4.78 is 12.2. The van der Waals surface area contributed by atoms with E-state index in [1.165, 1.54) is 22.3 Å². The number of carbonyl (C=O) groups is 2. The van der Waals surface area contributed by atoms with Gasteiger partial charge in [-0.05, 0) is 72.2 Å². The molecule has 1 unspecified atom stereocenters. The molecule has 0 spiro atoms. The number of aromatic nitrogens is 5. The van der Waals surface area contributed by atoms with E-state index >= 15 is 0 Å². The number of hydrogen-bond acceptors (Lipinski definition) is 9. The molecule has 3 heterocycles. The van der Waals surface area contributed by atoms with Crippen molar-refractivity contribution in [3.8, 4) is 17.2 Å². The molecule has 11 nitrogen and oxygen atoms in total. The number of tetrazole rings is 1. The Labute approximate surface area is 203 Å². The molecule has 2 aromatic heterocycles. The fraction of sp³-hybridized carbons (Fsp3) is 0.217. The van der Waals surface area contributed by atoms with Crippen LogP contribution in [0.2, 0.25) is 0 Å². The SMILES string of the molecule is O=C(Nc1nc2c(s1)CCCC2C(=O)Nc1ccc(-n2cnnn2)cc1)c1ccc2c(c1)OCO2. The molecule has 2 aromatic carbocycles. The second-order valence-corrected chi connectivity index (χ2v) is 9.17. The molecule has 35 heavy (non-hydrogen) atoms. The highest BCUT2D eigenvalue weighted by Gasteiger charge is 2.31. The maximum Gasteiger partial charge on any atom is 0.257 e. The van der Waals surface area contributed by atoms with E-state index in [-0.39, 0.29) is 24.5 Å². The summed E-state index contributed by atoms with van der Waals surface area (Å²) in [4.78, 5) is 31.5. The van der Waals surface area contributed by atoms with Crippen molar-refractivity contribution in [3.63, 3.8) is 0 Å². The van der Waals surface area contributed by atoms with Crippen molar-refractivity contribution >= 4 is 34.0 Å². The summed E-state index contributed by atoms with van der Waals surface area (Å²) >= 11 is 1.41. The maximum atomic E-state index is 13.1. The quantitative estimate of drug-likeness (QED) is 0.437. The first-order valence-electron chi connectivity index (χ1n) is 11.0. The Kier molecular flexibility index (Phi) is 5.34. The summed E-state index contributed by atoms with van der Waals surface area (Å²) in [6, 6.07) is 12.3. The standard InChI is InChI=1S/C23H19N7O4S/c31-21(13-4-9-17-18(10-13)34-12-33-17)27-23-26-20-16(2-1-3-19(20)35-23)22(32)25-14-5-7-15(8-6-14)30-11-24-28-29-30/h4-11,16H,1-3,12H2,(H,25,32)(H,26,27,31). The second-order valence-electron chi connectivity index (χ2n) is 8.08. The third-order valence-electron chi connectivity index (χ3n) is 5.87. The zero-order chi connectivity index (χ0) is 23.8. The van der Waals surface area contributed by atoms with Gasteiger partial charge in [-0.25, -0.2) is 9.67 Å². The van der Waals surface area contributed by atoms with Gasteiger partial charge in [-0.2, -0.15) is 0 Å². The lowest BCUT2D eigenvalue weighted by Gasteiger charge is -2.20. The van der Waals surface area contributed by atoms with Crippen molar-refractivity contribution in [1.82, 2.24) is 25.2 Å². The molecule has 0 fully saturated rings. The van der Waals surface area contributed by atoms with Gasteiger partial charge in [0.15, 0.2) is 16.6 Å². The van der Waals surface area contributed by atoms with Crippen molar-refractivity contribution in [2.45, 2.75) is 25.2 Å². The number of benzene rings is 2. The number of hydrogen-bond donors (Lipinski definition) is 2. The number of amides is 2. The van der Waals surface area contributed by atoms with Crippen molar-refractivity contribution in [2.75, 3.05) is 17.4 Å². The molecule has 2 aliphatic rings. The van der Waals surface area contributed by atoms with Crippen molar-refractivity contribution in [3.05, 3.63) is 64.9 Å². The molecule has 1 aliphatic heterocycles. The first-order valence-corrected chi connectivity index (χ1v) is 11.8.